The summed E-state index contributed by atoms with van der Waals surface area (Å²) in [7, 11) is 0. The third-order valence-electron chi connectivity index (χ3n) is 1.09. The summed E-state index contributed by atoms with van der Waals surface area (Å²) in [4.78, 5) is 0. The van der Waals surface area contributed by atoms with Gasteiger partial charge in [0.05, 0.1) is 12.7 Å². The first-order valence-electron chi connectivity index (χ1n) is 3.31. The van der Waals surface area contributed by atoms with Crippen molar-refractivity contribution in [2.24, 2.45) is 0 Å². The van der Waals surface area contributed by atoms with Gasteiger partial charge in [-0.3, -0.25) is 0 Å². The van der Waals surface area contributed by atoms with Gasteiger partial charge in [-0.05, 0) is 6.42 Å². The molecule has 0 bridgehead atoms. The van der Waals surface area contributed by atoms with Crippen molar-refractivity contribution in [3.05, 3.63) is 38.0 Å². The molecular weight excluding hydrogens is 124 g/mol. The van der Waals surface area contributed by atoms with E-state index >= 15 is 0 Å². The molecule has 0 spiro atoms. The predicted octanol–water partition coefficient (Wildman–Crippen LogP) is 2.32. The fourth-order valence-electron chi connectivity index (χ4n) is 0.588. The molecule has 0 amide bonds. The fraction of sp³-hybridized carbons (Fsp3) is 0.333. The maximum absolute atomic E-state index is 5.27. The van der Waals surface area contributed by atoms with E-state index in [1.807, 2.05) is 6.08 Å². The van der Waals surface area contributed by atoms with Crippen LogP contribution in [0.2, 0.25) is 0 Å². The Labute approximate surface area is 62.7 Å². The quantitative estimate of drug-likeness (QED) is 0.512. The topological polar surface area (TPSA) is 9.23 Å². The molecular formula is C9H14O. The van der Waals surface area contributed by atoms with Crippen molar-refractivity contribution in [1.29, 1.82) is 0 Å². The van der Waals surface area contributed by atoms with E-state index in [1.54, 1.807) is 12.2 Å². The summed E-state index contributed by atoms with van der Waals surface area (Å²) in [6.07, 6.45) is 6.22. The molecule has 0 aliphatic carbocycles. The molecule has 0 aromatic heterocycles. The molecule has 0 aromatic carbocycles. The monoisotopic (exact) mass is 138 g/mol. The van der Waals surface area contributed by atoms with Gasteiger partial charge in [0.1, 0.15) is 0 Å². The Bertz CT molecular complexity index is 116. The summed E-state index contributed by atoms with van der Waals surface area (Å²) in [5.41, 5.74) is 0. The lowest BCUT2D eigenvalue weighted by atomic mass is 10.2. The van der Waals surface area contributed by atoms with Gasteiger partial charge in [0.15, 0.2) is 0 Å². The molecule has 0 aliphatic heterocycles. The maximum Gasteiger partial charge on any atom is 0.0791 e. The normalized spacial score (nSPS) is 12.0. The first-order chi connectivity index (χ1) is 4.85. The van der Waals surface area contributed by atoms with Crippen LogP contribution in [0, 0.1) is 0 Å². The van der Waals surface area contributed by atoms with E-state index in [0.717, 1.165) is 6.42 Å². The minimum Gasteiger partial charge on any atom is -0.370 e. The summed E-state index contributed by atoms with van der Waals surface area (Å²) in [5.74, 6) is 0. The van der Waals surface area contributed by atoms with E-state index in [1.165, 1.54) is 0 Å². The summed E-state index contributed by atoms with van der Waals surface area (Å²) in [5, 5.41) is 0. The van der Waals surface area contributed by atoms with Crippen molar-refractivity contribution in [2.45, 2.75) is 12.5 Å². The Morgan fingerprint density at radius 1 is 1.20 bits per heavy atom. The van der Waals surface area contributed by atoms with Crippen LogP contribution in [0.1, 0.15) is 6.42 Å². The van der Waals surface area contributed by atoms with Gasteiger partial charge in [-0.15, -0.1) is 19.7 Å². The molecule has 56 valence electrons. The third kappa shape index (κ3) is 4.10. The van der Waals surface area contributed by atoms with E-state index in [2.05, 4.69) is 19.7 Å². The van der Waals surface area contributed by atoms with Gasteiger partial charge in [0.2, 0.25) is 0 Å². The lowest BCUT2D eigenvalue weighted by Gasteiger charge is -2.08. The Balaban J connectivity index is 3.47. The Morgan fingerprint density at radius 3 is 2.30 bits per heavy atom. The molecule has 0 saturated carbocycles. The molecule has 0 fully saturated rings. The average molecular weight is 138 g/mol. The number of hydrogen-bond acceptors (Lipinski definition) is 1. The summed E-state index contributed by atoms with van der Waals surface area (Å²) < 4.78 is 5.27. The second kappa shape index (κ2) is 6.30. The summed E-state index contributed by atoms with van der Waals surface area (Å²) >= 11 is 0. The first kappa shape index (κ1) is 9.18. The van der Waals surface area contributed by atoms with Crippen molar-refractivity contribution in [3.8, 4) is 0 Å². The zero-order valence-electron chi connectivity index (χ0n) is 6.25. The second-order valence-electron chi connectivity index (χ2n) is 1.92. The lowest BCUT2D eigenvalue weighted by molar-refractivity contribution is 0.112. The van der Waals surface area contributed by atoms with Crippen LogP contribution in [0.25, 0.3) is 0 Å². The van der Waals surface area contributed by atoms with Crippen molar-refractivity contribution < 1.29 is 4.74 Å². The predicted molar refractivity (Wildman–Crippen MR) is 44.9 cm³/mol. The molecule has 0 N–H and O–H groups in total. The molecule has 0 aromatic rings. The van der Waals surface area contributed by atoms with E-state index in [0.29, 0.717) is 6.61 Å². The minimum absolute atomic E-state index is 0.0931. The zero-order chi connectivity index (χ0) is 7.82. The van der Waals surface area contributed by atoms with Crippen molar-refractivity contribution >= 4 is 0 Å². The van der Waals surface area contributed by atoms with Crippen LogP contribution in [-0.4, -0.2) is 12.7 Å². The lowest BCUT2D eigenvalue weighted by Crippen LogP contribution is -2.07. The van der Waals surface area contributed by atoms with E-state index < -0.39 is 0 Å². The Hall–Kier alpha value is -0.820. The summed E-state index contributed by atoms with van der Waals surface area (Å²) in [6.45, 7) is 11.3. The Morgan fingerprint density at radius 2 is 1.90 bits per heavy atom. The van der Waals surface area contributed by atoms with Gasteiger partial charge in [0, 0.05) is 0 Å². The van der Waals surface area contributed by atoms with E-state index in [-0.39, 0.29) is 6.10 Å². The van der Waals surface area contributed by atoms with Gasteiger partial charge < -0.3 is 4.74 Å². The maximum atomic E-state index is 5.27. The molecule has 1 unspecified atom stereocenters. The standard InChI is InChI=1S/C9H14O/c1-4-7-9(6-3)10-8-5-2/h4-6,9H,1-3,7-8H2. The molecule has 1 heteroatoms. The smallest absolute Gasteiger partial charge is 0.0791 e. The van der Waals surface area contributed by atoms with E-state index in [4.69, 9.17) is 4.74 Å². The van der Waals surface area contributed by atoms with Crippen molar-refractivity contribution in [1.82, 2.24) is 0 Å². The van der Waals surface area contributed by atoms with E-state index in [9.17, 15) is 0 Å². The highest BCUT2D eigenvalue weighted by atomic mass is 16.5. The first-order valence-corrected chi connectivity index (χ1v) is 3.31. The van der Waals surface area contributed by atoms with Gasteiger partial charge >= 0.3 is 0 Å². The molecule has 0 rings (SSSR count). The number of hydrogen-bond donors (Lipinski definition) is 0. The largest absolute Gasteiger partial charge is 0.370 e. The third-order valence-corrected chi connectivity index (χ3v) is 1.09. The van der Waals surface area contributed by atoms with Crippen LogP contribution in [0.15, 0.2) is 38.0 Å². The Kier molecular flexibility index (Phi) is 5.79. The molecule has 0 aliphatic rings. The summed E-state index contributed by atoms with van der Waals surface area (Å²) in [6, 6.07) is 0. The van der Waals surface area contributed by atoms with Crippen molar-refractivity contribution in [3.63, 3.8) is 0 Å². The van der Waals surface area contributed by atoms with Gasteiger partial charge in [-0.25, -0.2) is 0 Å². The molecule has 1 atom stereocenters. The van der Waals surface area contributed by atoms with Gasteiger partial charge in [0.25, 0.3) is 0 Å². The molecule has 0 saturated heterocycles. The SMILES string of the molecule is C=CCOC(C=C)CC=C. The second-order valence-corrected chi connectivity index (χ2v) is 1.92. The average Bonchev–Trinajstić information content (AvgIpc) is 1.98. The number of ether oxygens (including phenoxy) is 1. The zero-order valence-corrected chi connectivity index (χ0v) is 6.25. The molecule has 0 radical (unpaired) electrons. The van der Waals surface area contributed by atoms with Gasteiger partial charge in [-0.2, -0.15) is 0 Å². The number of rotatable bonds is 6. The van der Waals surface area contributed by atoms with Crippen LogP contribution in [0.4, 0.5) is 0 Å². The highest BCUT2D eigenvalue weighted by molar-refractivity contribution is 4.86. The molecule has 0 heterocycles. The van der Waals surface area contributed by atoms with Crippen molar-refractivity contribution in [2.75, 3.05) is 6.61 Å². The fourth-order valence-corrected chi connectivity index (χ4v) is 0.588. The van der Waals surface area contributed by atoms with Gasteiger partial charge in [-0.1, -0.05) is 18.2 Å². The molecule has 10 heavy (non-hydrogen) atoms. The van der Waals surface area contributed by atoms with Crippen LogP contribution in [0.3, 0.4) is 0 Å². The van der Waals surface area contributed by atoms with Crippen LogP contribution < -0.4 is 0 Å². The highest BCUT2D eigenvalue weighted by Gasteiger charge is 1.97. The van der Waals surface area contributed by atoms with Crippen LogP contribution in [0.5, 0.6) is 0 Å². The van der Waals surface area contributed by atoms with Crippen LogP contribution in [-0.2, 0) is 4.74 Å². The highest BCUT2D eigenvalue weighted by Crippen LogP contribution is 1.99. The van der Waals surface area contributed by atoms with Crippen LogP contribution >= 0.6 is 0 Å². The minimum atomic E-state index is 0.0931. The molecule has 1 nitrogen and oxygen atoms in total.